The van der Waals surface area contributed by atoms with Gasteiger partial charge in [-0.2, -0.15) is 0 Å². The van der Waals surface area contributed by atoms with Crippen LogP contribution >= 0.6 is 24.0 Å². The van der Waals surface area contributed by atoms with E-state index >= 15 is 0 Å². The quantitative estimate of drug-likeness (QED) is 0.324. The van der Waals surface area contributed by atoms with E-state index in [1.54, 1.807) is 0 Å². The van der Waals surface area contributed by atoms with Gasteiger partial charge >= 0.3 is 0 Å². The van der Waals surface area contributed by atoms with Gasteiger partial charge in [0.2, 0.25) is 0 Å². The first-order valence-electron chi connectivity index (χ1n) is 8.59. The standard InChI is InChI=1S/C17H29N3.HI/c1-2-18-17(19-14-10-6-7-11-14)20-16-12-15(16)13-8-4-3-5-9-13;/h6-7,13-16H,2-5,8-12H2,1H3,(H2,18,19,20);1H. The third kappa shape index (κ3) is 4.86. The maximum absolute atomic E-state index is 4.61. The van der Waals surface area contributed by atoms with Crippen molar-refractivity contribution in [3.05, 3.63) is 12.2 Å². The molecule has 0 heterocycles. The van der Waals surface area contributed by atoms with Gasteiger partial charge in [0.25, 0.3) is 0 Å². The number of halogens is 1. The Labute approximate surface area is 146 Å². The Bertz CT molecular complexity index is 366. The second-order valence-corrected chi connectivity index (χ2v) is 6.66. The molecule has 2 N–H and O–H groups in total. The SMILES string of the molecule is CCN=C(NC1CC=CC1)NC1CC1C1CCCCC1.I. The van der Waals surface area contributed by atoms with E-state index in [0.29, 0.717) is 12.1 Å². The zero-order valence-corrected chi connectivity index (χ0v) is 15.5. The molecule has 2 unspecified atom stereocenters. The number of nitrogens with zero attached hydrogens (tertiary/aromatic N) is 1. The molecule has 4 heteroatoms. The molecule has 0 aromatic carbocycles. The minimum Gasteiger partial charge on any atom is -0.353 e. The molecule has 3 rings (SSSR count). The summed E-state index contributed by atoms with van der Waals surface area (Å²) in [6.07, 6.45) is 15.5. The number of aliphatic imine (C=N–C) groups is 1. The average Bonchev–Trinajstić information content (AvgIpc) is 3.04. The maximum Gasteiger partial charge on any atom is 0.191 e. The lowest BCUT2D eigenvalue weighted by Gasteiger charge is -2.22. The highest BCUT2D eigenvalue weighted by molar-refractivity contribution is 14.0. The van der Waals surface area contributed by atoms with Crippen LogP contribution in [0.2, 0.25) is 0 Å². The Balaban J connectivity index is 0.00000161. The second-order valence-electron chi connectivity index (χ2n) is 6.66. The van der Waals surface area contributed by atoms with E-state index in [0.717, 1.165) is 37.2 Å². The first-order chi connectivity index (χ1) is 9.86. The molecule has 21 heavy (non-hydrogen) atoms. The molecule has 0 saturated heterocycles. The lowest BCUT2D eigenvalue weighted by Crippen LogP contribution is -2.44. The van der Waals surface area contributed by atoms with E-state index in [2.05, 4.69) is 34.7 Å². The fraction of sp³-hybridized carbons (Fsp3) is 0.824. The van der Waals surface area contributed by atoms with Gasteiger partial charge in [-0.05, 0) is 38.0 Å². The van der Waals surface area contributed by atoms with Crippen molar-refractivity contribution in [1.82, 2.24) is 10.6 Å². The van der Waals surface area contributed by atoms with E-state index in [9.17, 15) is 0 Å². The maximum atomic E-state index is 4.61. The lowest BCUT2D eigenvalue weighted by atomic mass is 9.85. The smallest absolute Gasteiger partial charge is 0.191 e. The van der Waals surface area contributed by atoms with Gasteiger partial charge < -0.3 is 10.6 Å². The number of nitrogens with one attached hydrogen (secondary N) is 2. The first-order valence-corrected chi connectivity index (χ1v) is 8.59. The van der Waals surface area contributed by atoms with Gasteiger partial charge in [0.15, 0.2) is 5.96 Å². The van der Waals surface area contributed by atoms with Crippen molar-refractivity contribution in [3.8, 4) is 0 Å². The molecule has 0 radical (unpaired) electrons. The summed E-state index contributed by atoms with van der Waals surface area (Å²) in [5.41, 5.74) is 0. The number of guanidine groups is 1. The number of hydrogen-bond donors (Lipinski definition) is 2. The number of hydrogen-bond acceptors (Lipinski definition) is 1. The van der Waals surface area contributed by atoms with Crippen molar-refractivity contribution < 1.29 is 0 Å². The molecule has 3 aliphatic rings. The summed E-state index contributed by atoms with van der Waals surface area (Å²) in [4.78, 5) is 4.61. The summed E-state index contributed by atoms with van der Waals surface area (Å²) in [7, 11) is 0. The van der Waals surface area contributed by atoms with Gasteiger partial charge in [0.05, 0.1) is 0 Å². The van der Waals surface area contributed by atoms with Crippen LogP contribution in [-0.2, 0) is 0 Å². The van der Waals surface area contributed by atoms with E-state index in [-0.39, 0.29) is 24.0 Å². The predicted molar refractivity (Wildman–Crippen MR) is 100 cm³/mol. The molecule has 3 aliphatic carbocycles. The summed E-state index contributed by atoms with van der Waals surface area (Å²) >= 11 is 0. The molecular formula is C17H30IN3. The minimum atomic E-state index is 0. The fourth-order valence-corrected chi connectivity index (χ4v) is 3.86. The minimum absolute atomic E-state index is 0. The van der Waals surface area contributed by atoms with Crippen LogP contribution in [0.4, 0.5) is 0 Å². The molecule has 2 fully saturated rings. The molecule has 0 bridgehead atoms. The van der Waals surface area contributed by atoms with Crippen LogP contribution < -0.4 is 10.6 Å². The van der Waals surface area contributed by atoms with E-state index in [1.807, 2.05) is 0 Å². The highest BCUT2D eigenvalue weighted by atomic mass is 127. The summed E-state index contributed by atoms with van der Waals surface area (Å²) in [6.45, 7) is 2.97. The lowest BCUT2D eigenvalue weighted by molar-refractivity contribution is 0.315. The van der Waals surface area contributed by atoms with Crippen LogP contribution in [0.25, 0.3) is 0 Å². The normalized spacial score (nSPS) is 30.0. The Morgan fingerprint density at radius 2 is 1.81 bits per heavy atom. The molecule has 2 saturated carbocycles. The van der Waals surface area contributed by atoms with Gasteiger partial charge in [-0.1, -0.05) is 44.3 Å². The van der Waals surface area contributed by atoms with Gasteiger partial charge in [0.1, 0.15) is 0 Å². The Hall–Kier alpha value is -0.260. The fourth-order valence-electron chi connectivity index (χ4n) is 3.86. The van der Waals surface area contributed by atoms with Crippen molar-refractivity contribution >= 4 is 29.9 Å². The Morgan fingerprint density at radius 1 is 1.10 bits per heavy atom. The topological polar surface area (TPSA) is 36.4 Å². The molecule has 2 atom stereocenters. The second kappa shape index (κ2) is 8.39. The van der Waals surface area contributed by atoms with Gasteiger partial charge in [-0.25, -0.2) is 0 Å². The summed E-state index contributed by atoms with van der Waals surface area (Å²) < 4.78 is 0. The largest absolute Gasteiger partial charge is 0.353 e. The van der Waals surface area contributed by atoms with Crippen molar-refractivity contribution in [2.45, 2.75) is 70.4 Å². The van der Waals surface area contributed by atoms with Crippen molar-refractivity contribution in [3.63, 3.8) is 0 Å². The molecular weight excluding hydrogens is 373 g/mol. The third-order valence-corrected chi connectivity index (χ3v) is 5.08. The van der Waals surface area contributed by atoms with E-state index < -0.39 is 0 Å². The third-order valence-electron chi connectivity index (χ3n) is 5.08. The zero-order chi connectivity index (χ0) is 13.8. The molecule has 3 nitrogen and oxygen atoms in total. The van der Waals surface area contributed by atoms with Crippen molar-refractivity contribution in [2.24, 2.45) is 16.8 Å². The Kier molecular flexibility index (Phi) is 6.83. The predicted octanol–water partition coefficient (Wildman–Crippen LogP) is 3.85. The monoisotopic (exact) mass is 403 g/mol. The highest BCUT2D eigenvalue weighted by Gasteiger charge is 2.43. The molecule has 0 aliphatic heterocycles. The van der Waals surface area contributed by atoms with Crippen LogP contribution in [0, 0.1) is 11.8 Å². The Morgan fingerprint density at radius 3 is 2.48 bits per heavy atom. The number of rotatable bonds is 4. The van der Waals surface area contributed by atoms with E-state index in [4.69, 9.17) is 0 Å². The summed E-state index contributed by atoms with van der Waals surface area (Å²) in [5.74, 6) is 2.95. The van der Waals surface area contributed by atoms with Gasteiger partial charge in [0, 0.05) is 18.6 Å². The first kappa shape index (κ1) is 17.1. The van der Waals surface area contributed by atoms with Crippen LogP contribution in [0.3, 0.4) is 0 Å². The summed E-state index contributed by atoms with van der Waals surface area (Å²) in [5, 5.41) is 7.27. The summed E-state index contributed by atoms with van der Waals surface area (Å²) in [6, 6.07) is 1.24. The van der Waals surface area contributed by atoms with Crippen LogP contribution in [0.1, 0.15) is 58.3 Å². The van der Waals surface area contributed by atoms with Crippen molar-refractivity contribution in [2.75, 3.05) is 6.54 Å². The molecule has 0 aromatic rings. The molecule has 0 spiro atoms. The zero-order valence-electron chi connectivity index (χ0n) is 13.2. The van der Waals surface area contributed by atoms with E-state index in [1.165, 1.54) is 38.5 Å². The van der Waals surface area contributed by atoms with Crippen LogP contribution in [0.5, 0.6) is 0 Å². The molecule has 120 valence electrons. The molecule has 0 amide bonds. The van der Waals surface area contributed by atoms with Gasteiger partial charge in [-0.15, -0.1) is 24.0 Å². The average molecular weight is 403 g/mol. The van der Waals surface area contributed by atoms with Gasteiger partial charge in [-0.3, -0.25) is 4.99 Å². The van der Waals surface area contributed by atoms with Crippen LogP contribution in [0.15, 0.2) is 17.1 Å². The highest BCUT2D eigenvalue weighted by Crippen LogP contribution is 2.44. The molecule has 0 aromatic heterocycles. The van der Waals surface area contributed by atoms with Crippen LogP contribution in [-0.4, -0.2) is 24.6 Å². The van der Waals surface area contributed by atoms with Crippen molar-refractivity contribution in [1.29, 1.82) is 0 Å².